The number of benzene rings is 1. The maximum Gasteiger partial charge on any atom is 0.131 e. The van der Waals surface area contributed by atoms with Crippen LogP contribution in [0.15, 0.2) is 18.2 Å². The van der Waals surface area contributed by atoms with Gasteiger partial charge in [0.05, 0.1) is 7.11 Å². The van der Waals surface area contributed by atoms with Crippen molar-refractivity contribution in [2.75, 3.05) is 26.8 Å². The molecule has 3 nitrogen and oxygen atoms in total. The van der Waals surface area contributed by atoms with Gasteiger partial charge in [-0.2, -0.15) is 0 Å². The van der Waals surface area contributed by atoms with Gasteiger partial charge in [-0.3, -0.25) is 4.90 Å². The van der Waals surface area contributed by atoms with Gasteiger partial charge in [-0.15, -0.1) is 0 Å². The zero-order valence-corrected chi connectivity index (χ0v) is 13.4. The van der Waals surface area contributed by atoms with E-state index < -0.39 is 0 Å². The van der Waals surface area contributed by atoms with Crippen LogP contribution in [-0.4, -0.2) is 36.8 Å². The largest absolute Gasteiger partial charge is 0.497 e. The van der Waals surface area contributed by atoms with Crippen LogP contribution in [0.5, 0.6) is 5.75 Å². The Bertz CT molecular complexity index is 518. The van der Waals surface area contributed by atoms with E-state index in [1.165, 1.54) is 18.9 Å². The number of piperidine rings is 1. The highest BCUT2D eigenvalue weighted by Crippen LogP contribution is 2.44. The van der Waals surface area contributed by atoms with Crippen molar-refractivity contribution in [3.8, 4) is 5.75 Å². The molecule has 122 valence electrons. The molecule has 1 aromatic carbocycles. The van der Waals surface area contributed by atoms with Crippen molar-refractivity contribution in [2.45, 2.75) is 38.6 Å². The minimum Gasteiger partial charge on any atom is -0.497 e. The van der Waals surface area contributed by atoms with Crippen LogP contribution in [0.4, 0.5) is 4.39 Å². The fourth-order valence-corrected chi connectivity index (χ4v) is 3.76. The summed E-state index contributed by atoms with van der Waals surface area (Å²) in [5.41, 5.74) is 0.739. The van der Waals surface area contributed by atoms with Crippen molar-refractivity contribution < 1.29 is 14.2 Å². The molecule has 0 bridgehead atoms. The van der Waals surface area contributed by atoms with Gasteiger partial charge >= 0.3 is 0 Å². The summed E-state index contributed by atoms with van der Waals surface area (Å²) in [5, 5.41) is 9.91. The second-order valence-corrected chi connectivity index (χ2v) is 7.08. The molecular formula is C18H26FNO2. The maximum absolute atomic E-state index is 14.1. The van der Waals surface area contributed by atoms with Crippen molar-refractivity contribution in [1.82, 2.24) is 4.90 Å². The lowest BCUT2D eigenvalue weighted by Gasteiger charge is -2.42. The summed E-state index contributed by atoms with van der Waals surface area (Å²) in [7, 11) is 1.55. The number of hydrogen-bond donors (Lipinski definition) is 1. The summed E-state index contributed by atoms with van der Waals surface area (Å²) in [6, 6.07) is 5.07. The van der Waals surface area contributed by atoms with E-state index in [0.717, 1.165) is 38.3 Å². The summed E-state index contributed by atoms with van der Waals surface area (Å²) in [4.78, 5) is 2.30. The predicted octanol–water partition coefficient (Wildman–Crippen LogP) is 3.21. The fraction of sp³-hybridized carbons (Fsp3) is 0.667. The smallest absolute Gasteiger partial charge is 0.131 e. The Kier molecular flexibility index (Phi) is 4.69. The summed E-state index contributed by atoms with van der Waals surface area (Å²) >= 11 is 0. The quantitative estimate of drug-likeness (QED) is 0.876. The number of aliphatic hydroxyl groups is 1. The Morgan fingerprint density at radius 3 is 2.86 bits per heavy atom. The van der Waals surface area contributed by atoms with Crippen molar-refractivity contribution in [1.29, 1.82) is 0 Å². The molecule has 0 aromatic heterocycles. The van der Waals surface area contributed by atoms with E-state index in [4.69, 9.17) is 4.74 Å². The van der Waals surface area contributed by atoms with Crippen LogP contribution < -0.4 is 4.74 Å². The van der Waals surface area contributed by atoms with E-state index in [1.807, 2.05) is 12.1 Å². The van der Waals surface area contributed by atoms with Gasteiger partial charge in [0.15, 0.2) is 0 Å². The number of aliphatic hydroxyl groups excluding tert-OH is 1. The van der Waals surface area contributed by atoms with Crippen LogP contribution in [0.1, 0.15) is 37.7 Å². The number of rotatable bonds is 6. The molecule has 1 saturated heterocycles. The number of halogens is 1. The van der Waals surface area contributed by atoms with Crippen molar-refractivity contribution >= 4 is 0 Å². The number of hydrogen-bond acceptors (Lipinski definition) is 3. The highest BCUT2D eigenvalue weighted by Gasteiger charge is 2.39. The van der Waals surface area contributed by atoms with Gasteiger partial charge in [0.1, 0.15) is 11.6 Å². The van der Waals surface area contributed by atoms with Crippen molar-refractivity contribution in [2.24, 2.45) is 11.3 Å². The molecule has 1 saturated carbocycles. The minimum absolute atomic E-state index is 0.0301. The van der Waals surface area contributed by atoms with E-state index in [2.05, 4.69) is 4.90 Å². The Labute approximate surface area is 132 Å². The first-order chi connectivity index (χ1) is 10.6. The molecule has 1 aromatic rings. The second kappa shape index (κ2) is 6.55. The monoisotopic (exact) mass is 307 g/mol. The topological polar surface area (TPSA) is 32.7 Å². The molecule has 0 spiro atoms. The molecule has 4 heteroatoms. The molecule has 2 fully saturated rings. The van der Waals surface area contributed by atoms with Gasteiger partial charge in [0.2, 0.25) is 0 Å². The summed E-state index contributed by atoms with van der Waals surface area (Å²) in [6.07, 6.45) is 5.95. The average molecular weight is 307 g/mol. The van der Waals surface area contributed by atoms with Crippen LogP contribution in [0.2, 0.25) is 0 Å². The van der Waals surface area contributed by atoms with Gasteiger partial charge in [-0.1, -0.05) is 18.9 Å². The van der Waals surface area contributed by atoms with Crippen molar-refractivity contribution in [3.05, 3.63) is 29.6 Å². The first kappa shape index (κ1) is 15.8. The van der Waals surface area contributed by atoms with E-state index in [0.29, 0.717) is 17.9 Å². The van der Waals surface area contributed by atoms with Crippen molar-refractivity contribution in [3.63, 3.8) is 0 Å². The fourth-order valence-electron chi connectivity index (χ4n) is 3.76. The van der Waals surface area contributed by atoms with Gasteiger partial charge in [0.25, 0.3) is 0 Å². The average Bonchev–Trinajstić information content (AvgIpc) is 3.33. The number of methoxy groups -OCH3 is 1. The SMILES string of the molecule is COc1ccc(CN2CCC[C@@](CO)(CC3CC3)C2)c(F)c1. The third kappa shape index (κ3) is 3.61. The maximum atomic E-state index is 14.1. The normalized spacial score (nSPS) is 26.1. The summed E-state index contributed by atoms with van der Waals surface area (Å²) < 4.78 is 19.2. The molecule has 1 N–H and O–H groups in total. The van der Waals surface area contributed by atoms with E-state index >= 15 is 0 Å². The van der Waals surface area contributed by atoms with E-state index in [-0.39, 0.29) is 17.8 Å². The Hall–Kier alpha value is -1.13. The zero-order chi connectivity index (χ0) is 15.6. The van der Waals surface area contributed by atoms with Gasteiger partial charge in [0, 0.05) is 36.7 Å². The number of likely N-dealkylation sites (tertiary alicyclic amines) is 1. The Morgan fingerprint density at radius 1 is 1.41 bits per heavy atom. The van der Waals surface area contributed by atoms with Crippen LogP contribution in [0.3, 0.4) is 0 Å². The molecule has 0 unspecified atom stereocenters. The predicted molar refractivity (Wildman–Crippen MR) is 84.3 cm³/mol. The van der Waals surface area contributed by atoms with Crippen LogP contribution >= 0.6 is 0 Å². The van der Waals surface area contributed by atoms with E-state index in [9.17, 15) is 9.50 Å². The van der Waals surface area contributed by atoms with Gasteiger partial charge in [-0.25, -0.2) is 4.39 Å². The molecule has 3 rings (SSSR count). The molecule has 0 radical (unpaired) electrons. The Morgan fingerprint density at radius 2 is 2.23 bits per heavy atom. The van der Waals surface area contributed by atoms with Gasteiger partial charge in [-0.05, 0) is 37.8 Å². The molecule has 1 aliphatic carbocycles. The van der Waals surface area contributed by atoms with Crippen LogP contribution in [0, 0.1) is 17.2 Å². The molecule has 0 amide bonds. The van der Waals surface area contributed by atoms with Crippen LogP contribution in [0.25, 0.3) is 0 Å². The first-order valence-electron chi connectivity index (χ1n) is 8.30. The lowest BCUT2D eigenvalue weighted by Crippen LogP contribution is -2.45. The highest BCUT2D eigenvalue weighted by molar-refractivity contribution is 5.28. The Balaban J connectivity index is 1.66. The third-order valence-corrected chi connectivity index (χ3v) is 5.15. The van der Waals surface area contributed by atoms with Crippen LogP contribution in [-0.2, 0) is 6.54 Å². The first-order valence-corrected chi connectivity index (χ1v) is 8.30. The summed E-state index contributed by atoms with van der Waals surface area (Å²) in [6.45, 7) is 2.73. The lowest BCUT2D eigenvalue weighted by molar-refractivity contribution is 0.0176. The summed E-state index contributed by atoms with van der Waals surface area (Å²) in [5.74, 6) is 1.16. The minimum atomic E-state index is -0.207. The molecule has 1 atom stereocenters. The van der Waals surface area contributed by atoms with E-state index in [1.54, 1.807) is 7.11 Å². The number of ether oxygens (including phenoxy) is 1. The standard InChI is InChI=1S/C18H26FNO2/c1-22-16-6-5-15(17(19)9-16)11-20-8-2-7-18(12-20,13-21)10-14-3-4-14/h5-6,9,14,21H,2-4,7-8,10-13H2,1H3/t18-/m1/s1. The molecule has 1 heterocycles. The highest BCUT2D eigenvalue weighted by atomic mass is 19.1. The molecule has 1 aliphatic heterocycles. The van der Waals surface area contributed by atoms with Gasteiger partial charge < -0.3 is 9.84 Å². The molecular weight excluding hydrogens is 281 g/mol. The second-order valence-electron chi connectivity index (χ2n) is 7.08. The molecule has 2 aliphatic rings. The third-order valence-electron chi connectivity index (χ3n) is 5.15. The lowest BCUT2D eigenvalue weighted by atomic mass is 9.76. The number of nitrogens with zero attached hydrogens (tertiary/aromatic N) is 1. The zero-order valence-electron chi connectivity index (χ0n) is 13.4. The molecule has 22 heavy (non-hydrogen) atoms.